The van der Waals surface area contributed by atoms with Crippen molar-refractivity contribution < 1.29 is 14.3 Å². The highest BCUT2D eigenvalue weighted by molar-refractivity contribution is 5.97. The summed E-state index contributed by atoms with van der Waals surface area (Å²) in [5.41, 5.74) is 0. The third-order valence-corrected chi connectivity index (χ3v) is 3.71. The first-order valence-corrected chi connectivity index (χ1v) is 6.03. The molecule has 3 nitrogen and oxygen atoms in total. The number of ether oxygens (including phenoxy) is 1. The van der Waals surface area contributed by atoms with Crippen molar-refractivity contribution in [3.8, 4) is 0 Å². The molecule has 2 rings (SSSR count). The van der Waals surface area contributed by atoms with E-state index in [0.29, 0.717) is 25.9 Å². The monoisotopic (exact) mass is 222 g/mol. The minimum atomic E-state index is -0.132. The Labute approximate surface area is 95.9 Å². The molecule has 0 bridgehead atoms. The molecule has 0 aliphatic heterocycles. The number of ketones is 2. The SMILES string of the molecule is CCOC1=CCC2C(=O)CCC(=O)C2C1C. The summed E-state index contributed by atoms with van der Waals surface area (Å²) in [6, 6.07) is 0. The fraction of sp³-hybridized carbons (Fsp3) is 0.692. The third kappa shape index (κ3) is 1.79. The number of rotatable bonds is 2. The van der Waals surface area contributed by atoms with Crippen molar-refractivity contribution in [3.63, 3.8) is 0 Å². The second-order valence-electron chi connectivity index (χ2n) is 4.63. The van der Waals surface area contributed by atoms with E-state index < -0.39 is 0 Å². The minimum absolute atomic E-state index is 0.0652. The molecule has 2 aliphatic carbocycles. The molecule has 0 spiro atoms. The van der Waals surface area contributed by atoms with Crippen LogP contribution in [0, 0.1) is 17.8 Å². The van der Waals surface area contributed by atoms with Crippen molar-refractivity contribution in [2.45, 2.75) is 33.1 Å². The van der Waals surface area contributed by atoms with E-state index in [1.807, 2.05) is 19.9 Å². The average molecular weight is 222 g/mol. The minimum Gasteiger partial charge on any atom is -0.498 e. The Kier molecular flexibility index (Phi) is 3.13. The standard InChI is InChI=1S/C13H18O3/c1-3-16-12-7-4-9-10(14)5-6-11(15)13(9)8(12)2/h7-9,13H,3-6H2,1-2H3. The summed E-state index contributed by atoms with van der Waals surface area (Å²) in [5.74, 6) is 1.24. The molecule has 0 aromatic carbocycles. The van der Waals surface area contributed by atoms with Crippen LogP contribution in [0.4, 0.5) is 0 Å². The van der Waals surface area contributed by atoms with Crippen molar-refractivity contribution in [3.05, 3.63) is 11.8 Å². The van der Waals surface area contributed by atoms with Crippen LogP contribution in [0.1, 0.15) is 33.1 Å². The first-order valence-electron chi connectivity index (χ1n) is 6.03. The summed E-state index contributed by atoms with van der Waals surface area (Å²) in [6.07, 6.45) is 3.52. The number of carbonyl (C=O) groups excluding carboxylic acids is 2. The van der Waals surface area contributed by atoms with Crippen LogP contribution in [-0.4, -0.2) is 18.2 Å². The largest absolute Gasteiger partial charge is 0.498 e. The van der Waals surface area contributed by atoms with Crippen molar-refractivity contribution in [1.82, 2.24) is 0 Å². The Hall–Kier alpha value is -1.12. The predicted octanol–water partition coefficient (Wildman–Crippen LogP) is 2.11. The highest BCUT2D eigenvalue weighted by atomic mass is 16.5. The number of allylic oxidation sites excluding steroid dienone is 2. The van der Waals surface area contributed by atoms with Crippen LogP contribution < -0.4 is 0 Å². The molecule has 3 heteroatoms. The molecule has 16 heavy (non-hydrogen) atoms. The smallest absolute Gasteiger partial charge is 0.137 e. The van der Waals surface area contributed by atoms with Crippen LogP contribution in [-0.2, 0) is 14.3 Å². The second-order valence-corrected chi connectivity index (χ2v) is 4.63. The van der Waals surface area contributed by atoms with Gasteiger partial charge < -0.3 is 4.74 Å². The van der Waals surface area contributed by atoms with Crippen molar-refractivity contribution in [1.29, 1.82) is 0 Å². The van der Waals surface area contributed by atoms with E-state index in [0.717, 1.165) is 5.76 Å². The topological polar surface area (TPSA) is 43.4 Å². The Morgan fingerprint density at radius 1 is 1.31 bits per heavy atom. The molecule has 0 radical (unpaired) electrons. The lowest BCUT2D eigenvalue weighted by molar-refractivity contribution is -0.140. The fourth-order valence-electron chi connectivity index (χ4n) is 2.89. The molecule has 2 aliphatic rings. The number of carbonyl (C=O) groups is 2. The van der Waals surface area contributed by atoms with E-state index in [2.05, 4.69) is 0 Å². The van der Waals surface area contributed by atoms with Gasteiger partial charge in [0.1, 0.15) is 11.6 Å². The molecule has 0 N–H and O–H groups in total. The quantitative estimate of drug-likeness (QED) is 0.718. The molecular weight excluding hydrogens is 204 g/mol. The van der Waals surface area contributed by atoms with E-state index in [4.69, 9.17) is 4.74 Å². The van der Waals surface area contributed by atoms with Gasteiger partial charge in [0, 0.05) is 30.6 Å². The van der Waals surface area contributed by atoms with Crippen LogP contribution in [0.25, 0.3) is 0 Å². The van der Waals surface area contributed by atoms with E-state index in [1.165, 1.54) is 0 Å². The molecule has 0 aromatic heterocycles. The van der Waals surface area contributed by atoms with Crippen molar-refractivity contribution in [2.24, 2.45) is 17.8 Å². The maximum absolute atomic E-state index is 11.9. The Balaban J connectivity index is 2.24. The van der Waals surface area contributed by atoms with E-state index in [-0.39, 0.29) is 29.3 Å². The number of hydrogen-bond donors (Lipinski definition) is 0. The van der Waals surface area contributed by atoms with Crippen LogP contribution >= 0.6 is 0 Å². The Morgan fingerprint density at radius 3 is 2.69 bits per heavy atom. The van der Waals surface area contributed by atoms with Gasteiger partial charge in [0.25, 0.3) is 0 Å². The third-order valence-electron chi connectivity index (χ3n) is 3.71. The molecule has 3 unspecified atom stereocenters. The summed E-state index contributed by atoms with van der Waals surface area (Å²) >= 11 is 0. The summed E-state index contributed by atoms with van der Waals surface area (Å²) in [4.78, 5) is 23.7. The van der Waals surface area contributed by atoms with E-state index in [9.17, 15) is 9.59 Å². The molecule has 1 saturated carbocycles. The first-order chi connectivity index (χ1) is 7.65. The number of fused-ring (bicyclic) bond motifs is 1. The van der Waals surface area contributed by atoms with Gasteiger partial charge in [-0.2, -0.15) is 0 Å². The normalized spacial score (nSPS) is 34.4. The van der Waals surface area contributed by atoms with E-state index in [1.54, 1.807) is 0 Å². The van der Waals surface area contributed by atoms with Gasteiger partial charge in [-0.3, -0.25) is 9.59 Å². The van der Waals surface area contributed by atoms with Gasteiger partial charge in [0.15, 0.2) is 0 Å². The zero-order chi connectivity index (χ0) is 11.7. The summed E-state index contributed by atoms with van der Waals surface area (Å²) in [7, 11) is 0. The van der Waals surface area contributed by atoms with Gasteiger partial charge in [-0.1, -0.05) is 6.92 Å². The van der Waals surface area contributed by atoms with Gasteiger partial charge in [0.2, 0.25) is 0 Å². The van der Waals surface area contributed by atoms with Crippen LogP contribution in [0.5, 0.6) is 0 Å². The van der Waals surface area contributed by atoms with Gasteiger partial charge in [-0.25, -0.2) is 0 Å². The van der Waals surface area contributed by atoms with Gasteiger partial charge in [-0.15, -0.1) is 0 Å². The molecular formula is C13H18O3. The lowest BCUT2D eigenvalue weighted by Gasteiger charge is -2.37. The van der Waals surface area contributed by atoms with Crippen molar-refractivity contribution in [2.75, 3.05) is 6.61 Å². The molecule has 88 valence electrons. The first kappa shape index (κ1) is 11.4. The zero-order valence-corrected chi connectivity index (χ0v) is 9.86. The Bertz CT molecular complexity index is 343. The summed E-state index contributed by atoms with van der Waals surface area (Å²) < 4.78 is 5.53. The molecule has 0 amide bonds. The number of Topliss-reactive ketones (excluding diaryl/α,β-unsaturated/α-hetero) is 2. The molecule has 0 heterocycles. The lowest BCUT2D eigenvalue weighted by Crippen LogP contribution is -2.41. The van der Waals surface area contributed by atoms with Crippen LogP contribution in [0.2, 0.25) is 0 Å². The highest BCUT2D eigenvalue weighted by Crippen LogP contribution is 2.40. The van der Waals surface area contributed by atoms with Gasteiger partial charge >= 0.3 is 0 Å². The molecule has 3 atom stereocenters. The maximum Gasteiger partial charge on any atom is 0.137 e. The molecule has 1 fully saturated rings. The highest BCUT2D eigenvalue weighted by Gasteiger charge is 2.43. The van der Waals surface area contributed by atoms with E-state index >= 15 is 0 Å². The van der Waals surface area contributed by atoms with Crippen molar-refractivity contribution >= 4 is 11.6 Å². The maximum atomic E-state index is 11.9. The average Bonchev–Trinajstić information content (AvgIpc) is 2.27. The summed E-state index contributed by atoms with van der Waals surface area (Å²) in [6.45, 7) is 4.55. The van der Waals surface area contributed by atoms with Crippen LogP contribution in [0.3, 0.4) is 0 Å². The number of hydrogen-bond acceptors (Lipinski definition) is 3. The summed E-state index contributed by atoms with van der Waals surface area (Å²) in [5, 5.41) is 0. The molecule has 0 aromatic rings. The fourth-order valence-corrected chi connectivity index (χ4v) is 2.89. The van der Waals surface area contributed by atoms with Gasteiger partial charge in [-0.05, 0) is 19.4 Å². The van der Waals surface area contributed by atoms with Crippen LogP contribution in [0.15, 0.2) is 11.8 Å². The second kappa shape index (κ2) is 4.40. The predicted molar refractivity (Wildman–Crippen MR) is 59.7 cm³/mol. The van der Waals surface area contributed by atoms with Gasteiger partial charge in [0.05, 0.1) is 12.4 Å². The zero-order valence-electron chi connectivity index (χ0n) is 9.86. The lowest BCUT2D eigenvalue weighted by atomic mass is 9.67. The Morgan fingerprint density at radius 2 is 2.00 bits per heavy atom. The molecule has 0 saturated heterocycles.